The number of hydrogen-bond acceptors (Lipinski definition) is 3. The maximum absolute atomic E-state index is 12.8. The lowest BCUT2D eigenvalue weighted by molar-refractivity contribution is -0.112. The number of hydrogen-bond donors (Lipinski definition) is 1. The first-order valence-electron chi connectivity index (χ1n) is 8.71. The Morgan fingerprint density at radius 1 is 1.04 bits per heavy atom. The third kappa shape index (κ3) is 3.66. The highest BCUT2D eigenvalue weighted by Gasteiger charge is 2.22. The molecular formula is C22H16ClN3O2. The molecule has 4 rings (SSSR count). The van der Waals surface area contributed by atoms with Crippen LogP contribution in [0.25, 0.3) is 5.52 Å². The van der Waals surface area contributed by atoms with Crippen LogP contribution in [0.5, 0.6) is 0 Å². The number of aromatic nitrogens is 2. The number of Topliss-reactive ketones (excluding diaryl/α,β-unsaturated/α-hetero) is 1. The number of fused-ring (bicyclic) bond motifs is 1. The normalized spacial score (nSPS) is 10.8. The number of carbonyl (C=O) groups excluding carboxylic acids is 2. The fraction of sp³-hybridized carbons (Fsp3) is 0.0455. The standard InChI is InChI=1S/C22H16ClN3O2/c23-16-8-6-15(7-9-16)12-18-13-19(20-5-1-2-11-26(18)20)21(27)22(28)25-17-4-3-10-24-14-17/h1-11,13-14H,12H2,(H,25,28). The molecule has 0 fully saturated rings. The molecule has 0 aliphatic heterocycles. The molecule has 0 radical (unpaired) electrons. The number of halogens is 1. The first-order chi connectivity index (χ1) is 13.6. The highest BCUT2D eigenvalue weighted by atomic mass is 35.5. The molecule has 0 saturated heterocycles. The Kier molecular flexibility index (Phi) is 4.91. The molecule has 6 heteroatoms. The first kappa shape index (κ1) is 17.9. The third-order valence-corrected chi connectivity index (χ3v) is 4.68. The molecule has 1 aromatic carbocycles. The summed E-state index contributed by atoms with van der Waals surface area (Å²) in [5.74, 6) is -1.28. The van der Waals surface area contributed by atoms with Crippen LogP contribution in [0.1, 0.15) is 21.6 Å². The van der Waals surface area contributed by atoms with Crippen molar-refractivity contribution in [3.8, 4) is 0 Å². The van der Waals surface area contributed by atoms with E-state index in [9.17, 15) is 9.59 Å². The molecule has 0 unspecified atom stereocenters. The van der Waals surface area contributed by atoms with E-state index in [1.807, 2.05) is 53.1 Å². The molecule has 1 N–H and O–H groups in total. The lowest BCUT2D eigenvalue weighted by atomic mass is 10.1. The number of amides is 1. The summed E-state index contributed by atoms with van der Waals surface area (Å²) in [5, 5.41) is 3.27. The van der Waals surface area contributed by atoms with Gasteiger partial charge >= 0.3 is 0 Å². The van der Waals surface area contributed by atoms with Gasteiger partial charge in [-0.2, -0.15) is 0 Å². The number of rotatable bonds is 5. The molecule has 5 nitrogen and oxygen atoms in total. The quantitative estimate of drug-likeness (QED) is 0.406. The van der Waals surface area contributed by atoms with Gasteiger partial charge in [-0.1, -0.05) is 29.8 Å². The van der Waals surface area contributed by atoms with Crippen LogP contribution < -0.4 is 5.32 Å². The molecule has 0 bridgehead atoms. The summed E-state index contributed by atoms with van der Waals surface area (Å²) in [7, 11) is 0. The molecule has 0 atom stereocenters. The molecule has 4 aromatic rings. The van der Waals surface area contributed by atoms with Crippen molar-refractivity contribution < 1.29 is 9.59 Å². The molecule has 0 aliphatic rings. The van der Waals surface area contributed by atoms with Crippen molar-refractivity contribution >= 4 is 34.5 Å². The van der Waals surface area contributed by atoms with Crippen molar-refractivity contribution in [2.75, 3.05) is 5.32 Å². The zero-order valence-corrected chi connectivity index (χ0v) is 15.6. The molecule has 28 heavy (non-hydrogen) atoms. The number of benzene rings is 1. The zero-order chi connectivity index (χ0) is 19.5. The Balaban J connectivity index is 1.66. The summed E-state index contributed by atoms with van der Waals surface area (Å²) in [6.07, 6.45) is 5.59. The molecular weight excluding hydrogens is 374 g/mol. The largest absolute Gasteiger partial charge is 0.320 e. The third-order valence-electron chi connectivity index (χ3n) is 4.42. The average molecular weight is 390 g/mol. The summed E-state index contributed by atoms with van der Waals surface area (Å²) in [6, 6.07) is 18.3. The molecule has 0 aliphatic carbocycles. The fourth-order valence-corrected chi connectivity index (χ4v) is 3.23. The second kappa shape index (κ2) is 7.66. The van der Waals surface area contributed by atoms with Crippen LogP contribution in [-0.2, 0) is 11.2 Å². The number of nitrogens with one attached hydrogen (secondary N) is 1. The highest BCUT2D eigenvalue weighted by molar-refractivity contribution is 6.47. The van der Waals surface area contributed by atoms with Crippen LogP contribution in [0.3, 0.4) is 0 Å². The number of carbonyl (C=O) groups is 2. The van der Waals surface area contributed by atoms with Crippen LogP contribution in [0.4, 0.5) is 5.69 Å². The highest BCUT2D eigenvalue weighted by Crippen LogP contribution is 2.22. The van der Waals surface area contributed by atoms with E-state index in [1.54, 1.807) is 24.4 Å². The van der Waals surface area contributed by atoms with E-state index < -0.39 is 11.7 Å². The van der Waals surface area contributed by atoms with Gasteiger partial charge in [0.25, 0.3) is 11.7 Å². The van der Waals surface area contributed by atoms with Crippen molar-refractivity contribution in [3.05, 3.63) is 101 Å². The molecule has 0 spiro atoms. The predicted molar refractivity (Wildman–Crippen MR) is 109 cm³/mol. The summed E-state index contributed by atoms with van der Waals surface area (Å²) >= 11 is 5.96. The van der Waals surface area contributed by atoms with E-state index in [2.05, 4.69) is 10.3 Å². The minimum absolute atomic E-state index is 0.367. The smallest absolute Gasteiger partial charge is 0.296 e. The second-order valence-corrected chi connectivity index (χ2v) is 6.77. The van der Waals surface area contributed by atoms with E-state index in [0.29, 0.717) is 28.2 Å². The van der Waals surface area contributed by atoms with Crippen LogP contribution in [0, 0.1) is 0 Å². The summed E-state index contributed by atoms with van der Waals surface area (Å²) in [6.45, 7) is 0. The van der Waals surface area contributed by atoms with Gasteiger partial charge in [-0.25, -0.2) is 0 Å². The van der Waals surface area contributed by atoms with Gasteiger partial charge in [-0.3, -0.25) is 14.6 Å². The van der Waals surface area contributed by atoms with Crippen LogP contribution in [-0.4, -0.2) is 21.1 Å². The molecule has 0 saturated carbocycles. The van der Waals surface area contributed by atoms with Gasteiger partial charge in [0.15, 0.2) is 0 Å². The van der Waals surface area contributed by atoms with Gasteiger partial charge in [-0.15, -0.1) is 0 Å². The monoisotopic (exact) mass is 389 g/mol. The van der Waals surface area contributed by atoms with Gasteiger partial charge in [0.05, 0.1) is 23.0 Å². The topological polar surface area (TPSA) is 63.5 Å². The average Bonchev–Trinajstić information content (AvgIpc) is 3.08. The maximum atomic E-state index is 12.8. The van der Waals surface area contributed by atoms with Crippen molar-refractivity contribution in [2.45, 2.75) is 6.42 Å². The van der Waals surface area contributed by atoms with Crippen molar-refractivity contribution in [1.82, 2.24) is 9.38 Å². The maximum Gasteiger partial charge on any atom is 0.296 e. The van der Waals surface area contributed by atoms with Crippen LogP contribution in [0.2, 0.25) is 5.02 Å². The SMILES string of the molecule is O=C(Nc1cccnc1)C(=O)c1cc(Cc2ccc(Cl)cc2)n2ccccc12. The van der Waals surface area contributed by atoms with Crippen molar-refractivity contribution in [2.24, 2.45) is 0 Å². The summed E-state index contributed by atoms with van der Waals surface area (Å²) in [5.41, 5.74) is 3.51. The van der Waals surface area contributed by atoms with Crippen molar-refractivity contribution in [1.29, 1.82) is 0 Å². The Hall–Kier alpha value is -3.44. The lowest BCUT2D eigenvalue weighted by Crippen LogP contribution is -2.22. The van der Waals surface area contributed by atoms with E-state index in [-0.39, 0.29) is 0 Å². The minimum atomic E-state index is -0.692. The minimum Gasteiger partial charge on any atom is -0.320 e. The molecule has 3 aromatic heterocycles. The van der Waals surface area contributed by atoms with Crippen LogP contribution >= 0.6 is 11.6 Å². The Labute approximate surface area is 166 Å². The van der Waals surface area contributed by atoms with Gasteiger partial charge in [-0.05, 0) is 48.0 Å². The van der Waals surface area contributed by atoms with Gasteiger partial charge < -0.3 is 9.72 Å². The van der Waals surface area contributed by atoms with Crippen molar-refractivity contribution in [3.63, 3.8) is 0 Å². The first-order valence-corrected chi connectivity index (χ1v) is 9.09. The Bertz CT molecular complexity index is 1150. The van der Waals surface area contributed by atoms with Gasteiger partial charge in [0.1, 0.15) is 0 Å². The molecule has 1 amide bonds. The van der Waals surface area contributed by atoms with E-state index in [0.717, 1.165) is 11.3 Å². The summed E-state index contributed by atoms with van der Waals surface area (Å²) < 4.78 is 1.93. The lowest BCUT2D eigenvalue weighted by Gasteiger charge is -2.04. The molecule has 138 valence electrons. The van der Waals surface area contributed by atoms with E-state index >= 15 is 0 Å². The van der Waals surface area contributed by atoms with E-state index in [1.165, 1.54) is 6.20 Å². The number of nitrogens with zero attached hydrogens (tertiary/aromatic N) is 2. The predicted octanol–water partition coefficient (Wildman–Crippen LogP) is 4.40. The second-order valence-electron chi connectivity index (χ2n) is 6.33. The number of ketones is 1. The number of anilines is 1. The number of pyridine rings is 2. The summed E-state index contributed by atoms with van der Waals surface area (Å²) in [4.78, 5) is 29.2. The van der Waals surface area contributed by atoms with Gasteiger partial charge in [0, 0.05) is 29.5 Å². The zero-order valence-electron chi connectivity index (χ0n) is 14.8. The Morgan fingerprint density at radius 3 is 2.61 bits per heavy atom. The van der Waals surface area contributed by atoms with Gasteiger partial charge in [0.2, 0.25) is 0 Å². The Morgan fingerprint density at radius 2 is 1.86 bits per heavy atom. The van der Waals surface area contributed by atoms with E-state index in [4.69, 9.17) is 11.6 Å². The fourth-order valence-electron chi connectivity index (χ4n) is 3.10. The van der Waals surface area contributed by atoms with Crippen LogP contribution in [0.15, 0.2) is 79.3 Å². The molecule has 3 heterocycles.